The Hall–Kier alpha value is -3.56. The minimum Gasteiger partial charge on any atom is -0.392 e. The summed E-state index contributed by atoms with van der Waals surface area (Å²) in [4.78, 5) is 39.5. The van der Waals surface area contributed by atoms with Gasteiger partial charge in [0.2, 0.25) is 5.91 Å². The zero-order valence-corrected chi connectivity index (χ0v) is 28.2. The van der Waals surface area contributed by atoms with Gasteiger partial charge in [0.25, 0.3) is 5.91 Å². The zero-order valence-electron chi connectivity index (χ0n) is 28.2. The third-order valence-electron chi connectivity index (χ3n) is 16.3. The van der Waals surface area contributed by atoms with Gasteiger partial charge in [0.15, 0.2) is 0 Å². The number of benzene rings is 2. The molecule has 254 valence electrons. The highest BCUT2D eigenvalue weighted by molar-refractivity contribution is 6.10. The minimum absolute atomic E-state index is 0.0317. The fourth-order valence-electron chi connectivity index (χ4n) is 15.0. The summed E-state index contributed by atoms with van der Waals surface area (Å²) in [6.07, 6.45) is 11.3. The molecule has 4 bridgehead atoms. The molecule has 0 unspecified atom stereocenters. The standard InChI is InChI=1S/C42H42N4O4/c47-13-9-22-20-43-12-11-41-28-5-1-4-8-31(28)46-38(41)26(24(22)16-34(41)43)15-27(40(46)49)32-19-42-29-6-2-3-7-30(29)45-36(48)18-33-37(39(42)45)25-17-35(42)44(32)21-23(25)10-14-50-33/h1-10,15,24-26,32-35,37-39,47H,11-14,16-21H2/t24-,25-,26-,32+,33-,34-,35-,37-,38-,39-,41+,42+/m0/s1. The van der Waals surface area contributed by atoms with Crippen LogP contribution in [0, 0.1) is 23.7 Å². The maximum absolute atomic E-state index is 15.5. The molecule has 0 radical (unpaired) electrons. The van der Waals surface area contributed by atoms with Crippen molar-refractivity contribution in [1.82, 2.24) is 9.80 Å². The molecule has 5 saturated heterocycles. The Balaban J connectivity index is 1.02. The molecule has 2 saturated carbocycles. The van der Waals surface area contributed by atoms with Crippen LogP contribution in [0.5, 0.6) is 0 Å². The fraction of sp³-hybridized carbons (Fsp3) is 0.524. The lowest BCUT2D eigenvalue weighted by Crippen LogP contribution is -2.69. The van der Waals surface area contributed by atoms with Crippen molar-refractivity contribution in [2.75, 3.05) is 42.6 Å². The number of fused-ring (bicyclic) bond motifs is 6. The number of carbonyl (C=O) groups is 2. The van der Waals surface area contributed by atoms with Crippen LogP contribution in [0.1, 0.15) is 43.2 Å². The SMILES string of the molecule is O=C1C[C@@H]2OCC=C3CN4[C@@H](C5=C[C@@H]6[C@@H]7N(C5=O)c5ccccc5[C@@]75CCN7CC(=CCO)[C@@H]6C[C@H]75)C[C@]56c7ccccc7N1[C@H]5[C@H]2[C@H]3C[C@H]46. The lowest BCUT2D eigenvalue weighted by molar-refractivity contribution is -0.132. The Morgan fingerprint density at radius 3 is 2.52 bits per heavy atom. The molecule has 1 N–H and O–H groups in total. The van der Waals surface area contributed by atoms with Gasteiger partial charge < -0.3 is 19.6 Å². The topological polar surface area (TPSA) is 76.6 Å². The molecule has 8 heteroatoms. The molecule has 9 aliphatic heterocycles. The molecule has 12 atom stereocenters. The van der Waals surface area contributed by atoms with Crippen molar-refractivity contribution in [2.45, 2.75) is 79.2 Å². The second-order valence-corrected chi connectivity index (χ2v) is 17.4. The van der Waals surface area contributed by atoms with E-state index in [0.717, 1.165) is 62.3 Å². The second-order valence-electron chi connectivity index (χ2n) is 17.4. The number of hydrogen-bond acceptors (Lipinski definition) is 6. The summed E-state index contributed by atoms with van der Waals surface area (Å²) >= 11 is 0. The Kier molecular flexibility index (Phi) is 5.10. The van der Waals surface area contributed by atoms with Crippen LogP contribution in [0.4, 0.5) is 11.4 Å². The number of aliphatic hydroxyl groups excluding tert-OH is 1. The van der Waals surface area contributed by atoms with E-state index in [0.29, 0.717) is 30.9 Å². The van der Waals surface area contributed by atoms with Crippen molar-refractivity contribution in [2.24, 2.45) is 23.7 Å². The van der Waals surface area contributed by atoms with Crippen LogP contribution in [0.3, 0.4) is 0 Å². The number of aliphatic hydroxyl groups is 1. The number of ether oxygens (including phenoxy) is 1. The van der Waals surface area contributed by atoms with Gasteiger partial charge in [0, 0.05) is 70.8 Å². The van der Waals surface area contributed by atoms with Crippen LogP contribution >= 0.6 is 0 Å². The van der Waals surface area contributed by atoms with Crippen molar-refractivity contribution in [3.63, 3.8) is 0 Å². The van der Waals surface area contributed by atoms with Gasteiger partial charge in [-0.15, -0.1) is 0 Å². The molecule has 2 aliphatic carbocycles. The van der Waals surface area contributed by atoms with Crippen LogP contribution in [0.2, 0.25) is 0 Å². The summed E-state index contributed by atoms with van der Waals surface area (Å²) in [5.74, 6) is 1.58. The Bertz CT molecular complexity index is 2060. The Labute approximate surface area is 292 Å². The predicted octanol–water partition coefficient (Wildman–Crippen LogP) is 3.70. The van der Waals surface area contributed by atoms with E-state index in [1.54, 1.807) is 0 Å². The summed E-state index contributed by atoms with van der Waals surface area (Å²) in [7, 11) is 0. The summed E-state index contributed by atoms with van der Waals surface area (Å²) in [5.41, 5.74) is 8.39. The van der Waals surface area contributed by atoms with E-state index in [9.17, 15) is 9.90 Å². The third kappa shape index (κ3) is 2.89. The first-order chi connectivity index (χ1) is 24.5. The van der Waals surface area contributed by atoms with Gasteiger partial charge in [-0.2, -0.15) is 0 Å². The Morgan fingerprint density at radius 2 is 1.68 bits per heavy atom. The minimum atomic E-state index is -0.242. The van der Waals surface area contributed by atoms with Crippen LogP contribution in [0.15, 0.2) is 83.5 Å². The van der Waals surface area contributed by atoms with E-state index in [-0.39, 0.29) is 71.4 Å². The monoisotopic (exact) mass is 666 g/mol. The Morgan fingerprint density at radius 1 is 0.900 bits per heavy atom. The molecule has 50 heavy (non-hydrogen) atoms. The van der Waals surface area contributed by atoms with Crippen molar-refractivity contribution < 1.29 is 19.4 Å². The van der Waals surface area contributed by atoms with Gasteiger partial charge in [-0.05, 0) is 67.3 Å². The molecule has 0 aromatic heterocycles. The first-order valence-electron chi connectivity index (χ1n) is 19.2. The number of piperidine rings is 3. The van der Waals surface area contributed by atoms with E-state index < -0.39 is 0 Å². The van der Waals surface area contributed by atoms with E-state index in [4.69, 9.17) is 4.74 Å². The predicted molar refractivity (Wildman–Crippen MR) is 187 cm³/mol. The van der Waals surface area contributed by atoms with Crippen LogP contribution in [0.25, 0.3) is 0 Å². The molecular formula is C42H42N4O4. The fourth-order valence-corrected chi connectivity index (χ4v) is 15.0. The van der Waals surface area contributed by atoms with E-state index in [1.165, 1.54) is 22.3 Å². The normalized spacial score (nSPS) is 46.1. The van der Waals surface area contributed by atoms with Crippen LogP contribution in [-0.2, 0) is 25.2 Å². The van der Waals surface area contributed by atoms with Crippen molar-refractivity contribution in [3.8, 4) is 0 Å². The third-order valence-corrected chi connectivity index (χ3v) is 16.3. The maximum Gasteiger partial charge on any atom is 0.255 e. The van der Waals surface area contributed by atoms with Crippen LogP contribution < -0.4 is 9.80 Å². The number of para-hydroxylation sites is 2. The number of hydrogen-bond donors (Lipinski definition) is 1. The molecule has 2 amide bonds. The average molecular weight is 667 g/mol. The van der Waals surface area contributed by atoms with Crippen molar-refractivity contribution in [3.05, 3.63) is 94.6 Å². The molecule has 13 rings (SSSR count). The summed E-state index contributed by atoms with van der Waals surface area (Å²) in [6, 6.07) is 18.4. The van der Waals surface area contributed by atoms with Gasteiger partial charge in [0.05, 0.1) is 37.8 Å². The zero-order chi connectivity index (χ0) is 32.8. The average Bonchev–Trinajstić information content (AvgIpc) is 3.83. The quantitative estimate of drug-likeness (QED) is 0.493. The molecule has 2 aromatic carbocycles. The summed E-state index contributed by atoms with van der Waals surface area (Å²) in [5, 5.41) is 10.2. The van der Waals surface area contributed by atoms with E-state index in [1.807, 2.05) is 0 Å². The number of rotatable bonds is 2. The highest BCUT2D eigenvalue weighted by Crippen LogP contribution is 2.69. The summed E-state index contributed by atoms with van der Waals surface area (Å²) < 4.78 is 6.53. The lowest BCUT2D eigenvalue weighted by atomic mass is 9.53. The van der Waals surface area contributed by atoms with Gasteiger partial charge in [-0.25, -0.2) is 0 Å². The van der Waals surface area contributed by atoms with E-state index >= 15 is 4.79 Å². The van der Waals surface area contributed by atoms with Crippen molar-refractivity contribution >= 4 is 23.2 Å². The highest BCUT2D eigenvalue weighted by Gasteiger charge is 2.74. The van der Waals surface area contributed by atoms with Gasteiger partial charge in [-0.1, -0.05) is 65.8 Å². The molecule has 2 spiro atoms. The number of amides is 2. The molecule has 7 fully saturated rings. The molecular weight excluding hydrogens is 624 g/mol. The molecule has 8 nitrogen and oxygen atoms in total. The van der Waals surface area contributed by atoms with Gasteiger partial charge in [0.1, 0.15) is 0 Å². The number of carbonyl (C=O) groups excluding carboxylic acids is 2. The van der Waals surface area contributed by atoms with Crippen molar-refractivity contribution in [1.29, 1.82) is 0 Å². The molecule has 9 heterocycles. The number of anilines is 2. The lowest BCUT2D eigenvalue weighted by Gasteiger charge is -2.59. The van der Waals surface area contributed by atoms with Gasteiger partial charge >= 0.3 is 0 Å². The smallest absolute Gasteiger partial charge is 0.255 e. The maximum atomic E-state index is 15.5. The highest BCUT2D eigenvalue weighted by atomic mass is 16.5. The second kappa shape index (κ2) is 9.08. The number of nitrogens with zero attached hydrogens (tertiary/aromatic N) is 4. The van der Waals surface area contributed by atoms with Gasteiger partial charge in [-0.3, -0.25) is 19.4 Å². The first kappa shape index (κ1) is 28.1. The summed E-state index contributed by atoms with van der Waals surface area (Å²) in [6.45, 7) is 3.45. The van der Waals surface area contributed by atoms with E-state index in [2.05, 4.69) is 86.4 Å². The molecule has 11 aliphatic rings. The first-order valence-corrected chi connectivity index (χ1v) is 19.2. The van der Waals surface area contributed by atoms with Crippen LogP contribution in [-0.4, -0.2) is 95.9 Å². The molecule has 2 aromatic rings. The largest absolute Gasteiger partial charge is 0.392 e.